The van der Waals surface area contributed by atoms with Gasteiger partial charge in [-0.05, 0) is 7.05 Å². The number of aromatic amines is 1. The summed E-state index contributed by atoms with van der Waals surface area (Å²) in [5.41, 5.74) is -0.230. The van der Waals surface area contributed by atoms with Gasteiger partial charge in [-0.25, -0.2) is 4.98 Å². The number of hydrogen-bond donors (Lipinski definition) is 1. The van der Waals surface area contributed by atoms with Crippen molar-refractivity contribution in [3.05, 3.63) is 16.7 Å². The summed E-state index contributed by atoms with van der Waals surface area (Å²) in [7, 11) is 3.58. The average Bonchev–Trinajstić information content (AvgIpc) is 2.30. The Labute approximate surface area is 93.8 Å². The number of hydrogen-bond acceptors (Lipinski definition) is 5. The molecule has 1 aromatic heterocycles. The first-order chi connectivity index (χ1) is 7.72. The molecule has 0 atom stereocenters. The number of nitrogens with one attached hydrogen (secondary N) is 1. The van der Waals surface area contributed by atoms with E-state index in [1.165, 1.54) is 13.4 Å². The van der Waals surface area contributed by atoms with Gasteiger partial charge in [0, 0.05) is 26.2 Å². The van der Waals surface area contributed by atoms with E-state index in [1.54, 1.807) is 0 Å². The summed E-state index contributed by atoms with van der Waals surface area (Å²) < 4.78 is 5.09. The molecule has 6 heteroatoms. The van der Waals surface area contributed by atoms with Gasteiger partial charge in [-0.3, -0.25) is 4.79 Å². The SMILES string of the molecule is COc1c(N2CCN(C)CC2)nc[nH]c1=O. The third-order valence-corrected chi connectivity index (χ3v) is 2.80. The molecule has 0 unspecified atom stereocenters. The molecular formula is C10H16N4O2. The molecule has 0 saturated carbocycles. The minimum atomic E-state index is -0.230. The monoisotopic (exact) mass is 224 g/mol. The van der Waals surface area contributed by atoms with Crippen molar-refractivity contribution in [3.8, 4) is 5.75 Å². The molecular weight excluding hydrogens is 208 g/mol. The number of likely N-dealkylation sites (N-methyl/N-ethyl adjacent to an activating group) is 1. The van der Waals surface area contributed by atoms with E-state index >= 15 is 0 Å². The highest BCUT2D eigenvalue weighted by Gasteiger charge is 2.20. The number of aromatic nitrogens is 2. The highest BCUT2D eigenvalue weighted by molar-refractivity contribution is 5.50. The lowest BCUT2D eigenvalue weighted by Crippen LogP contribution is -2.45. The van der Waals surface area contributed by atoms with Gasteiger partial charge in [0.15, 0.2) is 5.82 Å². The molecule has 1 fully saturated rings. The Hall–Kier alpha value is -1.56. The normalized spacial score (nSPS) is 17.5. The average molecular weight is 224 g/mol. The van der Waals surface area contributed by atoms with Crippen molar-refractivity contribution in [2.24, 2.45) is 0 Å². The van der Waals surface area contributed by atoms with Crippen LogP contribution in [0.25, 0.3) is 0 Å². The topological polar surface area (TPSA) is 61.5 Å². The van der Waals surface area contributed by atoms with Gasteiger partial charge in [0.05, 0.1) is 13.4 Å². The van der Waals surface area contributed by atoms with Crippen LogP contribution in [0.4, 0.5) is 5.82 Å². The number of anilines is 1. The molecule has 6 nitrogen and oxygen atoms in total. The second-order valence-electron chi connectivity index (χ2n) is 3.88. The summed E-state index contributed by atoms with van der Waals surface area (Å²) in [6, 6.07) is 0. The molecule has 0 aliphatic carbocycles. The van der Waals surface area contributed by atoms with E-state index < -0.39 is 0 Å². The van der Waals surface area contributed by atoms with Gasteiger partial charge < -0.3 is 19.5 Å². The Bertz CT molecular complexity index is 410. The van der Waals surface area contributed by atoms with E-state index in [2.05, 4.69) is 26.8 Å². The fourth-order valence-electron chi connectivity index (χ4n) is 1.81. The Morgan fingerprint density at radius 3 is 2.69 bits per heavy atom. The quantitative estimate of drug-likeness (QED) is 0.736. The molecule has 1 N–H and O–H groups in total. The molecule has 0 bridgehead atoms. The molecule has 16 heavy (non-hydrogen) atoms. The zero-order valence-electron chi connectivity index (χ0n) is 9.56. The summed E-state index contributed by atoms with van der Waals surface area (Å²) in [6.45, 7) is 3.67. The van der Waals surface area contributed by atoms with Gasteiger partial charge >= 0.3 is 0 Å². The molecule has 0 amide bonds. The highest BCUT2D eigenvalue weighted by atomic mass is 16.5. The summed E-state index contributed by atoms with van der Waals surface area (Å²) >= 11 is 0. The van der Waals surface area contributed by atoms with Crippen molar-refractivity contribution in [1.82, 2.24) is 14.9 Å². The maximum Gasteiger partial charge on any atom is 0.295 e. The fraction of sp³-hybridized carbons (Fsp3) is 0.600. The van der Waals surface area contributed by atoms with Crippen LogP contribution < -0.4 is 15.2 Å². The predicted molar refractivity (Wildman–Crippen MR) is 61.1 cm³/mol. The van der Waals surface area contributed by atoms with Crippen molar-refractivity contribution in [1.29, 1.82) is 0 Å². The van der Waals surface area contributed by atoms with Gasteiger partial charge in [-0.15, -0.1) is 0 Å². The number of nitrogens with zero attached hydrogens (tertiary/aromatic N) is 3. The van der Waals surface area contributed by atoms with E-state index in [0.29, 0.717) is 11.6 Å². The zero-order valence-corrected chi connectivity index (χ0v) is 9.56. The highest BCUT2D eigenvalue weighted by Crippen LogP contribution is 2.21. The van der Waals surface area contributed by atoms with E-state index in [-0.39, 0.29) is 5.56 Å². The van der Waals surface area contributed by atoms with Crippen molar-refractivity contribution >= 4 is 5.82 Å². The Kier molecular flexibility index (Phi) is 3.09. The lowest BCUT2D eigenvalue weighted by atomic mass is 10.3. The van der Waals surface area contributed by atoms with Gasteiger partial charge in [0.1, 0.15) is 0 Å². The fourth-order valence-corrected chi connectivity index (χ4v) is 1.81. The zero-order chi connectivity index (χ0) is 11.5. The number of piperazine rings is 1. The molecule has 0 aromatic carbocycles. The van der Waals surface area contributed by atoms with Crippen molar-refractivity contribution in [2.75, 3.05) is 45.2 Å². The van der Waals surface area contributed by atoms with Gasteiger partial charge in [-0.1, -0.05) is 0 Å². The van der Waals surface area contributed by atoms with Gasteiger partial charge in [0.2, 0.25) is 5.75 Å². The van der Waals surface area contributed by atoms with Crippen LogP contribution in [0.1, 0.15) is 0 Å². The summed E-state index contributed by atoms with van der Waals surface area (Å²) in [4.78, 5) is 22.5. The second-order valence-corrected chi connectivity index (χ2v) is 3.88. The Morgan fingerprint density at radius 1 is 1.38 bits per heavy atom. The molecule has 2 heterocycles. The molecule has 2 rings (SSSR count). The van der Waals surface area contributed by atoms with Gasteiger partial charge in [-0.2, -0.15) is 0 Å². The van der Waals surface area contributed by atoms with Crippen LogP contribution in [0.5, 0.6) is 5.75 Å². The molecule has 0 spiro atoms. The molecule has 0 radical (unpaired) electrons. The third kappa shape index (κ3) is 2.01. The second kappa shape index (κ2) is 4.52. The molecule has 88 valence electrons. The summed E-state index contributed by atoms with van der Waals surface area (Å²) in [6.07, 6.45) is 1.42. The smallest absolute Gasteiger partial charge is 0.295 e. The standard InChI is InChI=1S/C10H16N4O2/c1-13-3-5-14(6-4-13)9-8(16-2)10(15)12-7-11-9/h7H,3-6H2,1-2H3,(H,11,12,15). The predicted octanol–water partition coefficient (Wildman–Crippen LogP) is -0.470. The van der Waals surface area contributed by atoms with Gasteiger partial charge in [0.25, 0.3) is 5.56 Å². The maximum atomic E-state index is 11.5. The largest absolute Gasteiger partial charge is 0.489 e. The third-order valence-electron chi connectivity index (χ3n) is 2.80. The summed E-state index contributed by atoms with van der Waals surface area (Å²) in [5, 5.41) is 0. The van der Waals surface area contributed by atoms with Crippen LogP contribution in [-0.2, 0) is 0 Å². The number of methoxy groups -OCH3 is 1. The van der Waals surface area contributed by atoms with Crippen LogP contribution in [0.15, 0.2) is 11.1 Å². The first-order valence-corrected chi connectivity index (χ1v) is 5.27. The van der Waals surface area contributed by atoms with Crippen LogP contribution in [0.2, 0.25) is 0 Å². The molecule has 1 saturated heterocycles. The Balaban J connectivity index is 2.26. The molecule has 1 aliphatic rings. The van der Waals surface area contributed by atoms with Crippen LogP contribution in [0.3, 0.4) is 0 Å². The van der Waals surface area contributed by atoms with E-state index in [9.17, 15) is 4.79 Å². The molecule has 1 aliphatic heterocycles. The Morgan fingerprint density at radius 2 is 2.06 bits per heavy atom. The van der Waals surface area contributed by atoms with Crippen LogP contribution >= 0.6 is 0 Å². The van der Waals surface area contributed by atoms with E-state index in [4.69, 9.17) is 4.74 Å². The van der Waals surface area contributed by atoms with Crippen molar-refractivity contribution < 1.29 is 4.74 Å². The molecule has 1 aromatic rings. The maximum absolute atomic E-state index is 11.5. The minimum absolute atomic E-state index is 0.230. The lowest BCUT2D eigenvalue weighted by molar-refractivity contribution is 0.309. The minimum Gasteiger partial charge on any atom is -0.489 e. The number of ether oxygens (including phenoxy) is 1. The number of H-pyrrole nitrogens is 1. The summed E-state index contributed by atoms with van der Waals surface area (Å²) in [5.74, 6) is 0.936. The van der Waals surface area contributed by atoms with Crippen LogP contribution in [0, 0.1) is 0 Å². The van der Waals surface area contributed by atoms with Crippen LogP contribution in [-0.4, -0.2) is 55.2 Å². The van der Waals surface area contributed by atoms with Crippen molar-refractivity contribution in [2.45, 2.75) is 0 Å². The van der Waals surface area contributed by atoms with E-state index in [1.807, 2.05) is 0 Å². The first-order valence-electron chi connectivity index (χ1n) is 5.27. The van der Waals surface area contributed by atoms with E-state index in [0.717, 1.165) is 26.2 Å². The first kappa shape index (κ1) is 10.9. The number of rotatable bonds is 2. The lowest BCUT2D eigenvalue weighted by Gasteiger charge is -2.33. The van der Waals surface area contributed by atoms with Crippen molar-refractivity contribution in [3.63, 3.8) is 0 Å².